The van der Waals surface area contributed by atoms with Crippen LogP contribution in [0.4, 0.5) is 5.69 Å². The van der Waals surface area contributed by atoms with Gasteiger partial charge in [-0.2, -0.15) is 0 Å². The van der Waals surface area contributed by atoms with Gasteiger partial charge in [0.25, 0.3) is 5.91 Å². The third-order valence-corrected chi connectivity index (χ3v) is 4.39. The summed E-state index contributed by atoms with van der Waals surface area (Å²) in [6.45, 7) is 5.89. The van der Waals surface area contributed by atoms with Crippen LogP contribution < -0.4 is 5.32 Å². The molecule has 5 heteroatoms. The first-order valence-corrected chi connectivity index (χ1v) is 8.27. The van der Waals surface area contributed by atoms with Gasteiger partial charge in [0.1, 0.15) is 0 Å². The maximum Gasteiger partial charge on any atom is 0.335 e. The number of nitrogens with one attached hydrogen (secondary N) is 1. The molecule has 2 N–H and O–H groups in total. The standard InChI is InChI=1S/C21H20N2O3/c1-13-4-7-17(21(25)26)12-19(13)22-20(24)16-8-10-18(11-9-16)23-14(2)5-6-15(23)3/h4-12H,1-3H3,(H,22,24)(H,25,26). The molecule has 5 nitrogen and oxygen atoms in total. The molecule has 0 unspecified atom stereocenters. The van der Waals surface area contributed by atoms with Gasteiger partial charge in [-0.3, -0.25) is 4.79 Å². The molecule has 2 aromatic carbocycles. The Labute approximate surface area is 151 Å². The quantitative estimate of drug-likeness (QED) is 0.736. The first-order valence-electron chi connectivity index (χ1n) is 8.27. The van der Waals surface area contributed by atoms with Gasteiger partial charge in [0, 0.05) is 28.3 Å². The number of hydrogen-bond acceptors (Lipinski definition) is 2. The summed E-state index contributed by atoms with van der Waals surface area (Å²) in [5.41, 5.74) is 5.19. The Morgan fingerprint density at radius 2 is 1.42 bits per heavy atom. The fraction of sp³-hybridized carbons (Fsp3) is 0.143. The molecule has 3 aromatic rings. The lowest BCUT2D eigenvalue weighted by Crippen LogP contribution is -2.13. The van der Waals surface area contributed by atoms with Gasteiger partial charge in [-0.05, 0) is 74.9 Å². The van der Waals surface area contributed by atoms with Crippen molar-refractivity contribution in [2.45, 2.75) is 20.8 Å². The van der Waals surface area contributed by atoms with Crippen molar-refractivity contribution in [2.24, 2.45) is 0 Å². The van der Waals surface area contributed by atoms with E-state index in [1.54, 1.807) is 18.2 Å². The molecule has 0 fully saturated rings. The zero-order valence-electron chi connectivity index (χ0n) is 14.9. The van der Waals surface area contributed by atoms with E-state index in [1.807, 2.05) is 45.0 Å². The molecule has 0 atom stereocenters. The second kappa shape index (κ2) is 6.88. The van der Waals surface area contributed by atoms with Gasteiger partial charge < -0.3 is 15.0 Å². The summed E-state index contributed by atoms with van der Waals surface area (Å²) in [6.07, 6.45) is 0. The maximum atomic E-state index is 12.5. The monoisotopic (exact) mass is 348 g/mol. The van der Waals surface area contributed by atoms with Crippen molar-refractivity contribution in [3.63, 3.8) is 0 Å². The van der Waals surface area contributed by atoms with Gasteiger partial charge in [-0.1, -0.05) is 6.07 Å². The third-order valence-electron chi connectivity index (χ3n) is 4.39. The third kappa shape index (κ3) is 3.37. The molecule has 0 aliphatic carbocycles. The molecule has 0 saturated heterocycles. The SMILES string of the molecule is Cc1ccc(C(=O)O)cc1NC(=O)c1ccc(-n2c(C)ccc2C)cc1. The predicted octanol–water partition coefficient (Wildman–Crippen LogP) is 4.35. The van der Waals surface area contributed by atoms with Gasteiger partial charge in [-0.25, -0.2) is 4.79 Å². The van der Waals surface area contributed by atoms with E-state index >= 15 is 0 Å². The summed E-state index contributed by atoms with van der Waals surface area (Å²) in [5, 5.41) is 11.9. The van der Waals surface area contributed by atoms with Crippen molar-refractivity contribution in [3.05, 3.63) is 82.7 Å². The molecule has 0 saturated carbocycles. The molecule has 0 radical (unpaired) electrons. The molecular weight excluding hydrogens is 328 g/mol. The summed E-state index contributed by atoms with van der Waals surface area (Å²) in [7, 11) is 0. The van der Waals surface area contributed by atoms with Crippen LogP contribution in [0.3, 0.4) is 0 Å². The van der Waals surface area contributed by atoms with Crippen LogP contribution in [0.5, 0.6) is 0 Å². The number of aryl methyl sites for hydroxylation is 3. The first kappa shape index (κ1) is 17.5. The van der Waals surface area contributed by atoms with Crippen molar-refractivity contribution in [3.8, 4) is 5.69 Å². The second-order valence-corrected chi connectivity index (χ2v) is 6.29. The number of carbonyl (C=O) groups is 2. The van der Waals surface area contributed by atoms with Crippen molar-refractivity contribution in [1.29, 1.82) is 0 Å². The molecule has 26 heavy (non-hydrogen) atoms. The Kier molecular flexibility index (Phi) is 4.63. The fourth-order valence-electron chi connectivity index (χ4n) is 2.92. The van der Waals surface area contributed by atoms with Gasteiger partial charge in [0.15, 0.2) is 0 Å². The first-order chi connectivity index (χ1) is 12.4. The highest BCUT2D eigenvalue weighted by atomic mass is 16.4. The van der Waals surface area contributed by atoms with Gasteiger partial charge in [-0.15, -0.1) is 0 Å². The van der Waals surface area contributed by atoms with Gasteiger partial charge in [0.2, 0.25) is 0 Å². The van der Waals surface area contributed by atoms with E-state index in [4.69, 9.17) is 5.11 Å². The number of aromatic nitrogens is 1. The molecule has 0 bridgehead atoms. The zero-order valence-corrected chi connectivity index (χ0v) is 14.9. The number of benzene rings is 2. The number of rotatable bonds is 4. The molecule has 1 heterocycles. The smallest absolute Gasteiger partial charge is 0.335 e. The lowest BCUT2D eigenvalue weighted by molar-refractivity contribution is 0.0696. The van der Waals surface area contributed by atoms with Crippen molar-refractivity contribution >= 4 is 17.6 Å². The van der Waals surface area contributed by atoms with E-state index in [0.29, 0.717) is 11.3 Å². The van der Waals surface area contributed by atoms with Crippen LogP contribution in [-0.4, -0.2) is 21.6 Å². The highest BCUT2D eigenvalue weighted by Crippen LogP contribution is 2.20. The van der Waals surface area contributed by atoms with Crippen LogP contribution in [0.1, 0.15) is 37.7 Å². The van der Waals surface area contributed by atoms with Crippen molar-refractivity contribution < 1.29 is 14.7 Å². The van der Waals surface area contributed by atoms with Crippen LogP contribution in [0, 0.1) is 20.8 Å². The summed E-state index contributed by atoms with van der Waals surface area (Å²) in [4.78, 5) is 23.6. The summed E-state index contributed by atoms with van der Waals surface area (Å²) in [5.74, 6) is -1.30. The maximum absolute atomic E-state index is 12.5. The highest BCUT2D eigenvalue weighted by Gasteiger charge is 2.11. The Morgan fingerprint density at radius 1 is 0.846 bits per heavy atom. The minimum Gasteiger partial charge on any atom is -0.478 e. The number of anilines is 1. The molecule has 1 aromatic heterocycles. The van der Waals surface area contributed by atoms with E-state index in [1.165, 1.54) is 12.1 Å². The van der Waals surface area contributed by atoms with E-state index in [0.717, 1.165) is 22.6 Å². The largest absolute Gasteiger partial charge is 0.478 e. The van der Waals surface area contributed by atoms with Crippen LogP contribution in [0.2, 0.25) is 0 Å². The summed E-state index contributed by atoms with van der Waals surface area (Å²) >= 11 is 0. The average Bonchev–Trinajstić information content (AvgIpc) is 2.95. The lowest BCUT2D eigenvalue weighted by Gasteiger charge is -2.12. The van der Waals surface area contributed by atoms with E-state index < -0.39 is 5.97 Å². The van der Waals surface area contributed by atoms with Crippen LogP contribution >= 0.6 is 0 Å². The van der Waals surface area contributed by atoms with Crippen LogP contribution in [0.15, 0.2) is 54.6 Å². The molecule has 0 aliphatic heterocycles. The molecule has 0 spiro atoms. The fourth-order valence-corrected chi connectivity index (χ4v) is 2.92. The van der Waals surface area contributed by atoms with Gasteiger partial charge >= 0.3 is 5.97 Å². The Morgan fingerprint density at radius 3 is 2.00 bits per heavy atom. The minimum absolute atomic E-state index is 0.139. The highest BCUT2D eigenvalue weighted by molar-refractivity contribution is 6.05. The van der Waals surface area contributed by atoms with Gasteiger partial charge in [0.05, 0.1) is 5.56 Å². The normalized spacial score (nSPS) is 10.6. The minimum atomic E-state index is -1.03. The predicted molar refractivity (Wildman–Crippen MR) is 101 cm³/mol. The number of hydrogen-bond donors (Lipinski definition) is 2. The van der Waals surface area contributed by atoms with E-state index in [9.17, 15) is 9.59 Å². The van der Waals surface area contributed by atoms with E-state index in [2.05, 4.69) is 9.88 Å². The number of nitrogens with zero attached hydrogens (tertiary/aromatic N) is 1. The topological polar surface area (TPSA) is 71.3 Å². The Bertz CT molecular complexity index is 965. The van der Waals surface area contributed by atoms with Crippen molar-refractivity contribution in [2.75, 3.05) is 5.32 Å². The Balaban J connectivity index is 1.83. The molecule has 132 valence electrons. The summed E-state index contributed by atoms with van der Waals surface area (Å²) < 4.78 is 2.11. The number of aromatic carboxylic acids is 1. The number of amides is 1. The van der Waals surface area contributed by atoms with Crippen LogP contribution in [0.25, 0.3) is 5.69 Å². The average molecular weight is 348 g/mol. The number of carboxylic acids is 1. The molecule has 1 amide bonds. The zero-order chi connectivity index (χ0) is 18.8. The Hall–Kier alpha value is -3.34. The molecule has 3 rings (SSSR count). The lowest BCUT2D eigenvalue weighted by atomic mass is 10.1. The molecular formula is C21H20N2O3. The second-order valence-electron chi connectivity index (χ2n) is 6.29. The van der Waals surface area contributed by atoms with E-state index in [-0.39, 0.29) is 11.5 Å². The summed E-state index contributed by atoms with van der Waals surface area (Å²) in [6, 6.07) is 16.1. The molecule has 0 aliphatic rings. The number of carbonyl (C=O) groups excluding carboxylic acids is 1. The van der Waals surface area contributed by atoms with Crippen LogP contribution in [-0.2, 0) is 0 Å². The van der Waals surface area contributed by atoms with Crippen molar-refractivity contribution in [1.82, 2.24) is 4.57 Å². The number of carboxylic acid groups (broad SMARTS) is 1.